The topological polar surface area (TPSA) is 90.3 Å². The molecule has 0 radical (unpaired) electrons. The highest BCUT2D eigenvalue weighted by molar-refractivity contribution is 6.32. The van der Waals surface area contributed by atoms with Crippen LogP contribution in [0.15, 0.2) is 54.7 Å². The highest BCUT2D eigenvalue weighted by Crippen LogP contribution is 2.26. The fourth-order valence-electron chi connectivity index (χ4n) is 2.11. The molecule has 0 fully saturated rings. The number of hydrogen-bond acceptors (Lipinski definition) is 6. The molecule has 0 atom stereocenters. The Morgan fingerprint density at radius 2 is 1.75 bits per heavy atom. The van der Waals surface area contributed by atoms with Gasteiger partial charge in [-0.2, -0.15) is 4.98 Å². The molecular weight excluding hydrogens is 328 g/mol. The molecule has 3 aromatic rings. The zero-order valence-electron chi connectivity index (χ0n) is 12.6. The average Bonchev–Trinajstić information content (AvgIpc) is 2.58. The van der Waals surface area contributed by atoms with Crippen LogP contribution in [0.2, 0.25) is 5.02 Å². The van der Waals surface area contributed by atoms with Crippen molar-refractivity contribution in [2.45, 2.75) is 6.61 Å². The molecular formula is C17H15ClN4O2. The van der Waals surface area contributed by atoms with Crippen LogP contribution in [0, 0.1) is 0 Å². The number of anilines is 4. The highest BCUT2D eigenvalue weighted by Gasteiger charge is 2.07. The molecule has 122 valence electrons. The number of rotatable bonds is 5. The Bertz CT molecular complexity index is 857. The first-order chi connectivity index (χ1) is 11.6. The molecule has 2 aromatic carbocycles. The van der Waals surface area contributed by atoms with Crippen LogP contribution in [-0.2, 0) is 6.61 Å². The summed E-state index contributed by atoms with van der Waals surface area (Å²) in [7, 11) is 0. The van der Waals surface area contributed by atoms with Gasteiger partial charge >= 0.3 is 0 Å². The number of nitrogens with zero attached hydrogens (tertiary/aromatic N) is 2. The number of nitrogens with one attached hydrogen (secondary N) is 2. The van der Waals surface area contributed by atoms with Crippen LogP contribution in [0.4, 0.5) is 23.1 Å². The van der Waals surface area contributed by atoms with Crippen LogP contribution in [0.25, 0.3) is 0 Å². The van der Waals surface area contributed by atoms with Gasteiger partial charge in [-0.15, -0.1) is 0 Å². The van der Waals surface area contributed by atoms with E-state index in [0.717, 1.165) is 11.3 Å². The van der Waals surface area contributed by atoms with Gasteiger partial charge in [-0.05, 0) is 29.8 Å². The molecule has 1 aromatic heterocycles. The third kappa shape index (κ3) is 3.92. The summed E-state index contributed by atoms with van der Waals surface area (Å²) in [6.07, 6.45) is 1.48. The zero-order valence-corrected chi connectivity index (χ0v) is 13.3. The first kappa shape index (κ1) is 16.0. The number of halogens is 1. The predicted octanol–water partition coefficient (Wildman–Crippen LogP) is 3.82. The maximum atomic E-state index is 9.52. The van der Waals surface area contributed by atoms with Crippen molar-refractivity contribution in [2.24, 2.45) is 0 Å². The van der Waals surface area contributed by atoms with Gasteiger partial charge in [0.2, 0.25) is 5.95 Å². The van der Waals surface area contributed by atoms with Crippen molar-refractivity contribution >= 4 is 34.7 Å². The molecule has 3 rings (SSSR count). The Labute approximate surface area is 143 Å². The van der Waals surface area contributed by atoms with Gasteiger partial charge in [0.25, 0.3) is 0 Å². The second-order valence-electron chi connectivity index (χ2n) is 5.05. The van der Waals surface area contributed by atoms with Crippen LogP contribution in [0.3, 0.4) is 0 Å². The second-order valence-corrected chi connectivity index (χ2v) is 5.46. The summed E-state index contributed by atoms with van der Waals surface area (Å²) in [4.78, 5) is 8.48. The van der Waals surface area contributed by atoms with Crippen molar-refractivity contribution < 1.29 is 10.2 Å². The number of aliphatic hydroxyl groups is 1. The summed E-state index contributed by atoms with van der Waals surface area (Å²) in [5.74, 6) is 0.916. The Kier molecular flexibility index (Phi) is 4.79. The first-order valence-electron chi connectivity index (χ1n) is 7.19. The average molecular weight is 343 g/mol. The van der Waals surface area contributed by atoms with E-state index in [1.165, 1.54) is 6.20 Å². The van der Waals surface area contributed by atoms with Crippen LogP contribution in [0.5, 0.6) is 5.75 Å². The highest BCUT2D eigenvalue weighted by atomic mass is 35.5. The van der Waals surface area contributed by atoms with E-state index < -0.39 is 0 Å². The van der Waals surface area contributed by atoms with Crippen molar-refractivity contribution in [1.29, 1.82) is 0 Å². The van der Waals surface area contributed by atoms with E-state index >= 15 is 0 Å². The van der Waals surface area contributed by atoms with E-state index in [-0.39, 0.29) is 12.4 Å². The quantitative estimate of drug-likeness (QED) is 0.563. The minimum atomic E-state index is -0.0404. The van der Waals surface area contributed by atoms with E-state index in [1.807, 2.05) is 18.2 Å². The lowest BCUT2D eigenvalue weighted by atomic mass is 10.2. The number of aromatic nitrogens is 2. The van der Waals surface area contributed by atoms with Crippen molar-refractivity contribution in [3.05, 3.63) is 65.3 Å². The SMILES string of the molecule is OCc1cccc(Nc2ncc(Cl)c(Nc3cccc(O)c3)n2)c1. The smallest absolute Gasteiger partial charge is 0.229 e. The van der Waals surface area contributed by atoms with Gasteiger partial charge in [-0.25, -0.2) is 4.98 Å². The zero-order chi connectivity index (χ0) is 16.9. The maximum absolute atomic E-state index is 9.52. The Morgan fingerprint density at radius 1 is 1.00 bits per heavy atom. The summed E-state index contributed by atoms with van der Waals surface area (Å²) in [6, 6.07) is 13.9. The summed E-state index contributed by atoms with van der Waals surface area (Å²) in [5.41, 5.74) is 2.20. The number of aliphatic hydroxyl groups excluding tert-OH is 1. The van der Waals surface area contributed by atoms with Crippen molar-refractivity contribution in [1.82, 2.24) is 9.97 Å². The number of aromatic hydroxyl groups is 1. The molecule has 0 unspecified atom stereocenters. The molecule has 0 saturated carbocycles. The van der Waals surface area contributed by atoms with Gasteiger partial charge in [0.05, 0.1) is 12.8 Å². The van der Waals surface area contributed by atoms with E-state index in [4.69, 9.17) is 11.6 Å². The Morgan fingerprint density at radius 3 is 2.50 bits per heavy atom. The van der Waals surface area contributed by atoms with E-state index in [9.17, 15) is 10.2 Å². The molecule has 0 bridgehead atoms. The predicted molar refractivity (Wildman–Crippen MR) is 94.1 cm³/mol. The molecule has 4 N–H and O–H groups in total. The lowest BCUT2D eigenvalue weighted by Crippen LogP contribution is -2.01. The van der Waals surface area contributed by atoms with Crippen molar-refractivity contribution in [2.75, 3.05) is 10.6 Å². The van der Waals surface area contributed by atoms with Gasteiger partial charge in [-0.1, -0.05) is 29.8 Å². The molecule has 7 heteroatoms. The summed E-state index contributed by atoms with van der Waals surface area (Å²) in [5, 5.41) is 25.2. The lowest BCUT2D eigenvalue weighted by molar-refractivity contribution is 0.282. The second kappa shape index (κ2) is 7.16. The molecule has 24 heavy (non-hydrogen) atoms. The molecule has 1 heterocycles. The van der Waals surface area contributed by atoms with Crippen LogP contribution >= 0.6 is 11.6 Å². The molecule has 0 spiro atoms. The van der Waals surface area contributed by atoms with E-state index in [1.54, 1.807) is 30.3 Å². The lowest BCUT2D eigenvalue weighted by Gasteiger charge is -2.10. The van der Waals surface area contributed by atoms with E-state index in [2.05, 4.69) is 20.6 Å². The fourth-order valence-corrected chi connectivity index (χ4v) is 2.25. The molecule has 0 aliphatic carbocycles. The maximum Gasteiger partial charge on any atom is 0.229 e. The van der Waals surface area contributed by atoms with Crippen LogP contribution in [0.1, 0.15) is 5.56 Å². The normalized spacial score (nSPS) is 10.4. The monoisotopic (exact) mass is 342 g/mol. The fraction of sp³-hybridized carbons (Fsp3) is 0.0588. The Balaban J connectivity index is 1.83. The van der Waals surface area contributed by atoms with Crippen LogP contribution in [-0.4, -0.2) is 20.2 Å². The number of phenolic OH excluding ortho intramolecular Hbond substituents is 1. The third-order valence-electron chi connectivity index (χ3n) is 3.22. The minimum Gasteiger partial charge on any atom is -0.508 e. The third-order valence-corrected chi connectivity index (χ3v) is 3.50. The largest absolute Gasteiger partial charge is 0.508 e. The summed E-state index contributed by atoms with van der Waals surface area (Å²) < 4.78 is 0. The van der Waals surface area contributed by atoms with Gasteiger partial charge in [0.15, 0.2) is 5.82 Å². The van der Waals surface area contributed by atoms with E-state index in [0.29, 0.717) is 22.5 Å². The van der Waals surface area contributed by atoms with Gasteiger partial charge in [0, 0.05) is 17.4 Å². The minimum absolute atomic E-state index is 0.0404. The molecule has 0 amide bonds. The summed E-state index contributed by atoms with van der Waals surface area (Å²) >= 11 is 6.13. The molecule has 0 aliphatic rings. The van der Waals surface area contributed by atoms with Crippen molar-refractivity contribution in [3.63, 3.8) is 0 Å². The van der Waals surface area contributed by atoms with Gasteiger partial charge in [-0.3, -0.25) is 0 Å². The van der Waals surface area contributed by atoms with Gasteiger partial charge in [0.1, 0.15) is 10.8 Å². The molecule has 6 nitrogen and oxygen atoms in total. The summed E-state index contributed by atoms with van der Waals surface area (Å²) in [6.45, 7) is -0.0404. The van der Waals surface area contributed by atoms with Crippen molar-refractivity contribution in [3.8, 4) is 5.75 Å². The number of phenols is 1. The molecule has 0 aliphatic heterocycles. The Hall–Kier alpha value is -2.83. The van der Waals surface area contributed by atoms with Crippen LogP contribution < -0.4 is 10.6 Å². The number of hydrogen-bond donors (Lipinski definition) is 4. The number of benzene rings is 2. The molecule has 0 saturated heterocycles. The van der Waals surface area contributed by atoms with Gasteiger partial charge < -0.3 is 20.8 Å². The first-order valence-corrected chi connectivity index (χ1v) is 7.57. The standard InChI is InChI=1S/C17H15ClN4O2/c18-15-9-19-17(21-12-4-1-3-11(7-12)10-23)22-16(15)20-13-5-2-6-14(24)8-13/h1-9,23-24H,10H2,(H2,19,20,21,22).